The SMILES string of the molecule is N#Cc1ccccc1N1CC(O)CO1. The topological polar surface area (TPSA) is 56.5 Å². The van der Waals surface area contributed by atoms with Gasteiger partial charge in [0.1, 0.15) is 12.7 Å². The molecule has 1 aromatic rings. The minimum Gasteiger partial charge on any atom is -0.389 e. The van der Waals surface area contributed by atoms with Crippen LogP contribution in [0, 0.1) is 11.3 Å². The van der Waals surface area contributed by atoms with Crippen molar-refractivity contribution in [2.24, 2.45) is 0 Å². The number of β-amino-alcohol motifs (C(OH)–C–C–N with tert-alkyl or cyclic N) is 1. The van der Waals surface area contributed by atoms with Gasteiger partial charge in [-0.2, -0.15) is 5.26 Å². The van der Waals surface area contributed by atoms with Crippen LogP contribution in [0.1, 0.15) is 5.56 Å². The summed E-state index contributed by atoms with van der Waals surface area (Å²) in [6.45, 7) is 0.707. The van der Waals surface area contributed by atoms with E-state index in [2.05, 4.69) is 6.07 Å². The van der Waals surface area contributed by atoms with Crippen molar-refractivity contribution in [3.63, 3.8) is 0 Å². The molecule has 1 N–H and O–H groups in total. The van der Waals surface area contributed by atoms with Crippen molar-refractivity contribution < 1.29 is 9.94 Å². The highest BCUT2D eigenvalue weighted by molar-refractivity contribution is 5.57. The number of aliphatic hydroxyl groups is 1. The maximum Gasteiger partial charge on any atom is 0.103 e. The summed E-state index contributed by atoms with van der Waals surface area (Å²) < 4.78 is 0. The Bertz CT molecular complexity index is 373. The Kier molecular flexibility index (Phi) is 2.35. The van der Waals surface area contributed by atoms with Crippen molar-refractivity contribution in [1.82, 2.24) is 0 Å². The molecule has 1 aliphatic heterocycles. The Balaban J connectivity index is 2.28. The normalized spacial score (nSPS) is 20.9. The van der Waals surface area contributed by atoms with Gasteiger partial charge >= 0.3 is 0 Å². The van der Waals surface area contributed by atoms with Gasteiger partial charge in [-0.15, -0.1) is 0 Å². The minimum absolute atomic E-state index is 0.291. The second kappa shape index (κ2) is 3.66. The molecule has 1 aromatic carbocycles. The molecule has 1 aliphatic rings. The van der Waals surface area contributed by atoms with Gasteiger partial charge in [-0.05, 0) is 12.1 Å². The number of aliphatic hydroxyl groups excluding tert-OH is 1. The van der Waals surface area contributed by atoms with Crippen molar-refractivity contribution in [3.05, 3.63) is 29.8 Å². The third-order valence-electron chi connectivity index (χ3n) is 2.09. The van der Waals surface area contributed by atoms with Gasteiger partial charge in [0.2, 0.25) is 0 Å². The molecular formula is C10H10N2O2. The average Bonchev–Trinajstić information content (AvgIpc) is 2.65. The standard InChI is InChI=1S/C10H10N2O2/c11-5-8-3-1-2-4-10(8)12-6-9(13)7-14-12/h1-4,9,13H,6-7H2. The van der Waals surface area contributed by atoms with E-state index >= 15 is 0 Å². The second-order valence-corrected chi connectivity index (χ2v) is 3.14. The number of benzene rings is 1. The predicted molar refractivity (Wildman–Crippen MR) is 50.5 cm³/mol. The molecule has 1 heterocycles. The van der Waals surface area contributed by atoms with Crippen LogP contribution in [0.3, 0.4) is 0 Å². The lowest BCUT2D eigenvalue weighted by Gasteiger charge is -2.16. The molecule has 1 atom stereocenters. The van der Waals surface area contributed by atoms with Crippen molar-refractivity contribution in [1.29, 1.82) is 5.26 Å². The molecule has 4 nitrogen and oxygen atoms in total. The van der Waals surface area contributed by atoms with Crippen LogP contribution in [0.15, 0.2) is 24.3 Å². The fourth-order valence-electron chi connectivity index (χ4n) is 1.43. The summed E-state index contributed by atoms with van der Waals surface area (Å²) in [4.78, 5) is 5.23. The number of rotatable bonds is 1. The Morgan fingerprint density at radius 2 is 2.29 bits per heavy atom. The molecule has 1 fully saturated rings. The van der Waals surface area contributed by atoms with Gasteiger partial charge in [-0.3, -0.25) is 9.90 Å². The molecule has 2 rings (SSSR count). The zero-order valence-electron chi connectivity index (χ0n) is 7.55. The molecule has 0 spiro atoms. The zero-order valence-corrected chi connectivity index (χ0v) is 7.55. The van der Waals surface area contributed by atoms with Gasteiger partial charge < -0.3 is 5.11 Å². The number of nitriles is 1. The summed E-state index contributed by atoms with van der Waals surface area (Å²) in [6.07, 6.45) is -0.471. The van der Waals surface area contributed by atoms with Crippen molar-refractivity contribution in [2.45, 2.75) is 6.10 Å². The molecule has 0 amide bonds. The van der Waals surface area contributed by atoms with E-state index in [0.29, 0.717) is 24.4 Å². The largest absolute Gasteiger partial charge is 0.389 e. The van der Waals surface area contributed by atoms with Crippen molar-refractivity contribution in [3.8, 4) is 6.07 Å². The molecule has 72 valence electrons. The van der Waals surface area contributed by atoms with Gasteiger partial charge in [0.25, 0.3) is 0 Å². The van der Waals surface area contributed by atoms with E-state index in [4.69, 9.17) is 10.1 Å². The lowest BCUT2D eigenvalue weighted by atomic mass is 10.2. The maximum absolute atomic E-state index is 9.27. The number of hydrogen-bond donors (Lipinski definition) is 1. The first-order chi connectivity index (χ1) is 6.81. The molecule has 0 aliphatic carbocycles. The van der Waals surface area contributed by atoms with Crippen LogP contribution in [0.2, 0.25) is 0 Å². The van der Waals surface area contributed by atoms with Gasteiger partial charge in [-0.25, -0.2) is 0 Å². The first kappa shape index (κ1) is 9.00. The number of anilines is 1. The highest BCUT2D eigenvalue weighted by atomic mass is 16.7. The predicted octanol–water partition coefficient (Wildman–Crippen LogP) is 0.671. The van der Waals surface area contributed by atoms with Gasteiger partial charge in [0.15, 0.2) is 0 Å². The molecule has 14 heavy (non-hydrogen) atoms. The fraction of sp³-hybridized carbons (Fsp3) is 0.300. The van der Waals surface area contributed by atoms with Gasteiger partial charge in [0.05, 0.1) is 23.9 Å². The number of hydrogen-bond acceptors (Lipinski definition) is 4. The summed E-state index contributed by atoms with van der Waals surface area (Å²) in [5.41, 5.74) is 1.27. The van der Waals surface area contributed by atoms with E-state index in [-0.39, 0.29) is 0 Å². The smallest absolute Gasteiger partial charge is 0.103 e. The van der Waals surface area contributed by atoms with E-state index in [1.165, 1.54) is 0 Å². The molecule has 0 radical (unpaired) electrons. The average molecular weight is 190 g/mol. The van der Waals surface area contributed by atoms with E-state index in [9.17, 15) is 5.11 Å². The molecule has 1 saturated heterocycles. The van der Waals surface area contributed by atoms with Crippen LogP contribution in [-0.2, 0) is 4.84 Å². The summed E-state index contributed by atoms with van der Waals surface area (Å²) >= 11 is 0. The highest BCUT2D eigenvalue weighted by Gasteiger charge is 2.23. The zero-order chi connectivity index (χ0) is 9.97. The van der Waals surface area contributed by atoms with Crippen LogP contribution in [0.5, 0.6) is 0 Å². The molecule has 0 bridgehead atoms. The van der Waals surface area contributed by atoms with E-state index in [1.807, 2.05) is 6.07 Å². The molecule has 0 aromatic heterocycles. The second-order valence-electron chi connectivity index (χ2n) is 3.14. The highest BCUT2D eigenvalue weighted by Crippen LogP contribution is 2.22. The number of para-hydroxylation sites is 1. The van der Waals surface area contributed by atoms with Crippen LogP contribution in [0.25, 0.3) is 0 Å². The van der Waals surface area contributed by atoms with E-state index < -0.39 is 6.10 Å². The summed E-state index contributed by atoms with van der Waals surface area (Å²) in [5.74, 6) is 0. The van der Waals surface area contributed by atoms with Crippen LogP contribution in [0.4, 0.5) is 5.69 Å². The summed E-state index contributed by atoms with van der Waals surface area (Å²) in [6, 6.07) is 9.25. The Morgan fingerprint density at radius 1 is 1.50 bits per heavy atom. The first-order valence-corrected chi connectivity index (χ1v) is 4.39. The third kappa shape index (κ3) is 1.55. The van der Waals surface area contributed by atoms with Gasteiger partial charge in [0, 0.05) is 0 Å². The van der Waals surface area contributed by atoms with Crippen LogP contribution >= 0.6 is 0 Å². The Labute approximate surface area is 81.9 Å². The van der Waals surface area contributed by atoms with Gasteiger partial charge in [-0.1, -0.05) is 12.1 Å². The third-order valence-corrected chi connectivity index (χ3v) is 2.09. The Morgan fingerprint density at radius 3 is 2.93 bits per heavy atom. The summed E-state index contributed by atoms with van der Waals surface area (Å²) in [7, 11) is 0. The lowest BCUT2D eigenvalue weighted by molar-refractivity contribution is 0.116. The number of hydroxylamine groups is 1. The van der Waals surface area contributed by atoms with E-state index in [0.717, 1.165) is 0 Å². The fourth-order valence-corrected chi connectivity index (χ4v) is 1.43. The monoisotopic (exact) mass is 190 g/mol. The maximum atomic E-state index is 9.27. The van der Waals surface area contributed by atoms with E-state index in [1.54, 1.807) is 23.3 Å². The lowest BCUT2D eigenvalue weighted by Crippen LogP contribution is -2.20. The van der Waals surface area contributed by atoms with Crippen LogP contribution < -0.4 is 5.06 Å². The molecule has 1 unspecified atom stereocenters. The first-order valence-electron chi connectivity index (χ1n) is 4.39. The van der Waals surface area contributed by atoms with Crippen molar-refractivity contribution in [2.75, 3.05) is 18.2 Å². The van der Waals surface area contributed by atoms with Crippen molar-refractivity contribution >= 4 is 5.69 Å². The molecule has 4 heteroatoms. The minimum atomic E-state index is -0.471. The number of nitrogens with zero attached hydrogens (tertiary/aromatic N) is 2. The summed E-state index contributed by atoms with van der Waals surface area (Å²) in [5, 5.41) is 19.7. The molecule has 0 saturated carbocycles. The quantitative estimate of drug-likeness (QED) is 0.707. The Hall–Kier alpha value is -1.57. The molecular weight excluding hydrogens is 180 g/mol. The van der Waals surface area contributed by atoms with Crippen LogP contribution in [-0.4, -0.2) is 24.4 Å².